The fraction of sp³-hybridized carbons (Fsp3) is 0. The van der Waals surface area contributed by atoms with Crippen LogP contribution in [0.15, 0.2) is 41.0 Å². The molecular formula is C11H6ClNO. The van der Waals surface area contributed by atoms with E-state index in [4.69, 9.17) is 16.0 Å². The Morgan fingerprint density at radius 2 is 1.79 bits per heavy atom. The van der Waals surface area contributed by atoms with Crippen LogP contribution in [0.3, 0.4) is 0 Å². The first-order chi connectivity index (χ1) is 6.86. The third-order valence-electron chi connectivity index (χ3n) is 2.28. The minimum Gasteiger partial charge on any atom is -0.446 e. The predicted molar refractivity (Wildman–Crippen MR) is 56.5 cm³/mol. The number of aromatic nitrogens is 1. The molecule has 0 radical (unpaired) electrons. The zero-order valence-electron chi connectivity index (χ0n) is 7.20. The molecule has 3 aromatic rings. The highest BCUT2D eigenvalue weighted by atomic mass is 35.5. The SMILES string of the molecule is Clc1nc2occc2c2ccccc12. The van der Waals surface area contributed by atoms with E-state index < -0.39 is 0 Å². The second-order valence-corrected chi connectivity index (χ2v) is 3.45. The van der Waals surface area contributed by atoms with E-state index in [1.165, 1.54) is 0 Å². The van der Waals surface area contributed by atoms with Gasteiger partial charge in [-0.2, -0.15) is 0 Å². The van der Waals surface area contributed by atoms with Crippen LogP contribution in [0.4, 0.5) is 0 Å². The molecule has 0 aliphatic heterocycles. The second-order valence-electron chi connectivity index (χ2n) is 3.09. The number of pyridine rings is 1. The average Bonchev–Trinajstić information content (AvgIpc) is 2.66. The summed E-state index contributed by atoms with van der Waals surface area (Å²) in [5.41, 5.74) is 0.591. The molecule has 0 aliphatic carbocycles. The van der Waals surface area contributed by atoms with Crippen LogP contribution in [0.5, 0.6) is 0 Å². The summed E-state index contributed by atoms with van der Waals surface area (Å²) in [5.74, 6) is 0. The maximum Gasteiger partial charge on any atom is 0.227 e. The predicted octanol–water partition coefficient (Wildman–Crippen LogP) is 3.63. The zero-order valence-corrected chi connectivity index (χ0v) is 7.95. The number of fused-ring (bicyclic) bond motifs is 3. The van der Waals surface area contributed by atoms with Crippen LogP contribution in [-0.4, -0.2) is 4.98 Å². The molecule has 3 rings (SSSR count). The summed E-state index contributed by atoms with van der Waals surface area (Å²) in [6, 6.07) is 9.80. The van der Waals surface area contributed by atoms with E-state index in [0.717, 1.165) is 16.2 Å². The molecule has 0 bridgehead atoms. The average molecular weight is 204 g/mol. The van der Waals surface area contributed by atoms with Crippen molar-refractivity contribution in [2.24, 2.45) is 0 Å². The summed E-state index contributed by atoms with van der Waals surface area (Å²) in [7, 11) is 0. The summed E-state index contributed by atoms with van der Waals surface area (Å²) in [5, 5.41) is 3.53. The molecule has 2 aromatic heterocycles. The molecule has 3 heteroatoms. The van der Waals surface area contributed by atoms with Crippen LogP contribution in [0, 0.1) is 0 Å². The molecule has 1 aromatic carbocycles. The summed E-state index contributed by atoms with van der Waals surface area (Å²) >= 11 is 6.02. The number of hydrogen-bond donors (Lipinski definition) is 0. The van der Waals surface area contributed by atoms with E-state index in [1.807, 2.05) is 30.3 Å². The molecule has 68 valence electrons. The maximum absolute atomic E-state index is 6.02. The van der Waals surface area contributed by atoms with Gasteiger partial charge in [0.2, 0.25) is 5.71 Å². The van der Waals surface area contributed by atoms with Crippen molar-refractivity contribution in [3.05, 3.63) is 41.7 Å². The topological polar surface area (TPSA) is 26.0 Å². The molecule has 2 heterocycles. The van der Waals surface area contributed by atoms with E-state index >= 15 is 0 Å². The Balaban J connectivity index is 2.67. The smallest absolute Gasteiger partial charge is 0.227 e. The normalized spacial score (nSPS) is 11.2. The molecule has 0 N–H and O–H groups in total. The van der Waals surface area contributed by atoms with Crippen LogP contribution >= 0.6 is 11.6 Å². The largest absolute Gasteiger partial charge is 0.446 e. The van der Waals surface area contributed by atoms with Gasteiger partial charge in [-0.1, -0.05) is 35.9 Å². The van der Waals surface area contributed by atoms with Gasteiger partial charge in [0.05, 0.1) is 6.26 Å². The summed E-state index contributed by atoms with van der Waals surface area (Å²) in [6.07, 6.45) is 1.63. The lowest BCUT2D eigenvalue weighted by atomic mass is 10.1. The molecule has 0 aliphatic rings. The van der Waals surface area contributed by atoms with Crippen molar-refractivity contribution in [2.45, 2.75) is 0 Å². The van der Waals surface area contributed by atoms with Crippen LogP contribution < -0.4 is 0 Å². The van der Waals surface area contributed by atoms with E-state index in [-0.39, 0.29) is 0 Å². The molecule has 2 nitrogen and oxygen atoms in total. The minimum absolute atomic E-state index is 0.489. The Morgan fingerprint density at radius 3 is 2.64 bits per heavy atom. The monoisotopic (exact) mass is 203 g/mol. The summed E-state index contributed by atoms with van der Waals surface area (Å²) in [6.45, 7) is 0. The van der Waals surface area contributed by atoms with Gasteiger partial charge in [-0.3, -0.25) is 0 Å². The molecule has 14 heavy (non-hydrogen) atoms. The fourth-order valence-corrected chi connectivity index (χ4v) is 1.88. The highest BCUT2D eigenvalue weighted by Crippen LogP contribution is 2.29. The van der Waals surface area contributed by atoms with Gasteiger partial charge >= 0.3 is 0 Å². The van der Waals surface area contributed by atoms with Crippen molar-refractivity contribution < 1.29 is 4.42 Å². The summed E-state index contributed by atoms with van der Waals surface area (Å²) in [4.78, 5) is 4.16. The Kier molecular flexibility index (Phi) is 1.52. The van der Waals surface area contributed by atoms with Crippen LogP contribution in [0.2, 0.25) is 5.15 Å². The van der Waals surface area contributed by atoms with Gasteiger partial charge < -0.3 is 4.42 Å². The lowest BCUT2D eigenvalue weighted by Gasteiger charge is -1.99. The van der Waals surface area contributed by atoms with Gasteiger partial charge in [0.25, 0.3) is 0 Å². The summed E-state index contributed by atoms with van der Waals surface area (Å²) < 4.78 is 5.21. The number of benzene rings is 1. The van der Waals surface area contributed by atoms with E-state index in [0.29, 0.717) is 10.9 Å². The Hall–Kier alpha value is -1.54. The van der Waals surface area contributed by atoms with E-state index in [2.05, 4.69) is 4.98 Å². The molecule has 0 unspecified atom stereocenters. The fourth-order valence-electron chi connectivity index (χ4n) is 1.64. The minimum atomic E-state index is 0.489. The maximum atomic E-state index is 6.02. The standard InChI is InChI=1S/C11H6ClNO/c12-10-8-4-2-1-3-7(8)9-5-6-14-11(9)13-10/h1-6H. The molecule has 0 spiro atoms. The van der Waals surface area contributed by atoms with Crippen LogP contribution in [-0.2, 0) is 0 Å². The van der Waals surface area contributed by atoms with Gasteiger partial charge in [0.1, 0.15) is 5.15 Å². The van der Waals surface area contributed by atoms with E-state index in [1.54, 1.807) is 6.26 Å². The quantitative estimate of drug-likeness (QED) is 0.522. The van der Waals surface area contributed by atoms with Gasteiger partial charge in [-0.25, -0.2) is 4.98 Å². The van der Waals surface area contributed by atoms with Crippen LogP contribution in [0.1, 0.15) is 0 Å². The number of hydrogen-bond acceptors (Lipinski definition) is 2. The van der Waals surface area contributed by atoms with Crippen molar-refractivity contribution in [3.63, 3.8) is 0 Å². The first-order valence-corrected chi connectivity index (χ1v) is 4.65. The third kappa shape index (κ3) is 0.946. The molecular weight excluding hydrogens is 198 g/mol. The van der Waals surface area contributed by atoms with Crippen molar-refractivity contribution in [2.75, 3.05) is 0 Å². The highest BCUT2D eigenvalue weighted by molar-refractivity contribution is 6.35. The zero-order chi connectivity index (χ0) is 9.54. The Labute approximate surface area is 85.1 Å². The van der Waals surface area contributed by atoms with E-state index in [9.17, 15) is 0 Å². The first-order valence-electron chi connectivity index (χ1n) is 4.28. The number of furan rings is 1. The van der Waals surface area contributed by atoms with Gasteiger partial charge in [0, 0.05) is 10.8 Å². The van der Waals surface area contributed by atoms with Gasteiger partial charge in [-0.15, -0.1) is 0 Å². The van der Waals surface area contributed by atoms with Crippen molar-refractivity contribution in [3.8, 4) is 0 Å². The number of rotatable bonds is 0. The van der Waals surface area contributed by atoms with Crippen LogP contribution in [0.25, 0.3) is 21.9 Å². The highest BCUT2D eigenvalue weighted by Gasteiger charge is 2.07. The molecule has 0 saturated heterocycles. The van der Waals surface area contributed by atoms with Crippen molar-refractivity contribution in [1.82, 2.24) is 4.98 Å². The van der Waals surface area contributed by atoms with Gasteiger partial charge in [-0.05, 0) is 11.5 Å². The third-order valence-corrected chi connectivity index (χ3v) is 2.57. The van der Waals surface area contributed by atoms with Crippen molar-refractivity contribution >= 4 is 33.5 Å². The molecule has 0 fully saturated rings. The second kappa shape index (κ2) is 2.72. The lowest BCUT2D eigenvalue weighted by molar-refractivity contribution is 0.603. The molecule has 0 amide bonds. The molecule has 0 saturated carbocycles. The lowest BCUT2D eigenvalue weighted by Crippen LogP contribution is -1.80. The molecule has 0 atom stereocenters. The van der Waals surface area contributed by atoms with Crippen molar-refractivity contribution in [1.29, 1.82) is 0 Å². The number of nitrogens with zero attached hydrogens (tertiary/aromatic N) is 1. The first kappa shape index (κ1) is 7.83. The van der Waals surface area contributed by atoms with Gasteiger partial charge in [0.15, 0.2) is 0 Å². The number of halogens is 1. The Morgan fingerprint density at radius 1 is 1.00 bits per heavy atom. The Bertz CT molecular complexity index is 615.